The first-order chi connectivity index (χ1) is 6.65. The second-order valence-corrected chi connectivity index (χ2v) is 3.19. The molecule has 0 spiro atoms. The van der Waals surface area contributed by atoms with Crippen molar-refractivity contribution in [3.8, 4) is 0 Å². The van der Waals surface area contributed by atoms with Crippen molar-refractivity contribution in [2.24, 2.45) is 11.7 Å². The summed E-state index contributed by atoms with van der Waals surface area (Å²) >= 11 is 0. The maximum Gasteiger partial charge on any atom is 0.311 e. The molecule has 0 radical (unpaired) electrons. The molecule has 80 valence electrons. The molecule has 1 aliphatic rings. The van der Waals surface area contributed by atoms with Gasteiger partial charge in [0, 0.05) is 13.0 Å². The molecule has 1 amide bonds. The van der Waals surface area contributed by atoms with E-state index < -0.39 is 17.9 Å². The molecule has 1 aliphatic heterocycles. The van der Waals surface area contributed by atoms with E-state index in [2.05, 4.69) is 5.32 Å². The fourth-order valence-corrected chi connectivity index (χ4v) is 1.35. The Morgan fingerprint density at radius 1 is 1.50 bits per heavy atom. The predicted octanol–water partition coefficient (Wildman–Crippen LogP) is -1.45. The number of carbonyl (C=O) groups is 2. The first-order valence-corrected chi connectivity index (χ1v) is 4.45. The Kier molecular flexibility index (Phi) is 3.84. The molecule has 14 heavy (non-hydrogen) atoms. The summed E-state index contributed by atoms with van der Waals surface area (Å²) in [5.74, 6) is -1.81. The van der Waals surface area contributed by atoms with Gasteiger partial charge in [0.25, 0.3) is 0 Å². The number of ether oxygens (including phenoxy) is 1. The van der Waals surface area contributed by atoms with Crippen LogP contribution in [0, 0.1) is 5.92 Å². The molecule has 2 unspecified atom stereocenters. The quantitative estimate of drug-likeness (QED) is 0.517. The Hall–Kier alpha value is -1.14. The number of nitrogens with one attached hydrogen (secondary N) is 1. The third-order valence-corrected chi connectivity index (χ3v) is 2.12. The van der Waals surface area contributed by atoms with Gasteiger partial charge in [0.15, 0.2) is 0 Å². The summed E-state index contributed by atoms with van der Waals surface area (Å²) in [6.45, 7) is 0.674. The van der Waals surface area contributed by atoms with E-state index in [4.69, 9.17) is 15.6 Å². The number of hydrogen-bond acceptors (Lipinski definition) is 4. The summed E-state index contributed by atoms with van der Waals surface area (Å²) in [4.78, 5) is 21.8. The minimum Gasteiger partial charge on any atom is -0.481 e. The Morgan fingerprint density at radius 2 is 2.21 bits per heavy atom. The third kappa shape index (κ3) is 2.68. The minimum atomic E-state index is -0.944. The molecule has 1 saturated heterocycles. The molecule has 0 saturated carbocycles. The second-order valence-electron chi connectivity index (χ2n) is 3.19. The number of amides is 1. The van der Waals surface area contributed by atoms with E-state index in [1.54, 1.807) is 0 Å². The van der Waals surface area contributed by atoms with Gasteiger partial charge >= 0.3 is 5.97 Å². The van der Waals surface area contributed by atoms with Gasteiger partial charge in [-0.15, -0.1) is 0 Å². The van der Waals surface area contributed by atoms with Crippen molar-refractivity contribution in [1.82, 2.24) is 5.32 Å². The van der Waals surface area contributed by atoms with Crippen LogP contribution in [-0.4, -0.2) is 42.8 Å². The molecule has 0 aliphatic carbocycles. The molecule has 0 aromatic heterocycles. The van der Waals surface area contributed by atoms with Crippen molar-refractivity contribution in [1.29, 1.82) is 0 Å². The second kappa shape index (κ2) is 4.92. The Bertz CT molecular complexity index is 231. The van der Waals surface area contributed by atoms with Gasteiger partial charge in [0.1, 0.15) is 5.92 Å². The van der Waals surface area contributed by atoms with Crippen LogP contribution in [0.5, 0.6) is 0 Å². The zero-order chi connectivity index (χ0) is 10.6. The number of carboxylic acids is 1. The average Bonchev–Trinajstić information content (AvgIpc) is 2.52. The zero-order valence-corrected chi connectivity index (χ0v) is 7.73. The maximum absolute atomic E-state index is 11.1. The van der Waals surface area contributed by atoms with Crippen LogP contribution in [0.25, 0.3) is 0 Å². The van der Waals surface area contributed by atoms with Crippen LogP contribution in [-0.2, 0) is 14.3 Å². The lowest BCUT2D eigenvalue weighted by molar-refractivity contribution is -0.142. The number of carbonyl (C=O) groups excluding carboxylic acids is 1. The highest BCUT2D eigenvalue weighted by Crippen LogP contribution is 2.13. The Balaban J connectivity index is 2.43. The first kappa shape index (κ1) is 10.9. The lowest BCUT2D eigenvalue weighted by atomic mass is 10.0. The monoisotopic (exact) mass is 202 g/mol. The van der Waals surface area contributed by atoms with Crippen molar-refractivity contribution >= 4 is 11.9 Å². The van der Waals surface area contributed by atoms with E-state index in [0.29, 0.717) is 0 Å². The first-order valence-electron chi connectivity index (χ1n) is 4.45. The molecule has 1 rings (SSSR count). The van der Waals surface area contributed by atoms with Crippen LogP contribution in [0.1, 0.15) is 6.42 Å². The summed E-state index contributed by atoms with van der Waals surface area (Å²) in [5.41, 5.74) is 5.19. The fourth-order valence-electron chi connectivity index (χ4n) is 1.35. The van der Waals surface area contributed by atoms with E-state index >= 15 is 0 Å². The molecule has 1 fully saturated rings. The average molecular weight is 202 g/mol. The van der Waals surface area contributed by atoms with Gasteiger partial charge in [-0.25, -0.2) is 0 Å². The Morgan fingerprint density at radius 3 is 2.79 bits per heavy atom. The van der Waals surface area contributed by atoms with E-state index in [9.17, 15) is 9.59 Å². The van der Waals surface area contributed by atoms with Crippen molar-refractivity contribution in [3.05, 3.63) is 0 Å². The fraction of sp³-hybridized carbons (Fsp3) is 0.750. The van der Waals surface area contributed by atoms with E-state index in [1.807, 2.05) is 0 Å². The van der Waals surface area contributed by atoms with Gasteiger partial charge < -0.3 is 20.9 Å². The molecular weight excluding hydrogens is 188 g/mol. The molecule has 0 aromatic rings. The van der Waals surface area contributed by atoms with Crippen LogP contribution < -0.4 is 11.1 Å². The van der Waals surface area contributed by atoms with Crippen molar-refractivity contribution in [2.45, 2.75) is 12.5 Å². The lowest BCUT2D eigenvalue weighted by Gasteiger charge is -2.15. The summed E-state index contributed by atoms with van der Waals surface area (Å²) in [6, 6.07) is -0.424. The number of aliphatic carboxylic acids is 1. The Labute approximate surface area is 81.4 Å². The molecular formula is C8H14N2O4. The lowest BCUT2D eigenvalue weighted by Crippen LogP contribution is -2.43. The van der Waals surface area contributed by atoms with Gasteiger partial charge in [0.05, 0.1) is 19.3 Å². The van der Waals surface area contributed by atoms with E-state index in [0.717, 1.165) is 0 Å². The summed E-state index contributed by atoms with van der Waals surface area (Å²) < 4.78 is 4.98. The maximum atomic E-state index is 11.1. The van der Waals surface area contributed by atoms with Crippen LogP contribution in [0.2, 0.25) is 0 Å². The highest BCUT2D eigenvalue weighted by molar-refractivity contribution is 5.78. The topological polar surface area (TPSA) is 102 Å². The molecule has 4 N–H and O–H groups in total. The molecule has 6 nitrogen and oxygen atoms in total. The van der Waals surface area contributed by atoms with Crippen molar-refractivity contribution in [3.63, 3.8) is 0 Å². The molecule has 0 aromatic carbocycles. The molecule has 0 bridgehead atoms. The van der Waals surface area contributed by atoms with Crippen LogP contribution >= 0.6 is 0 Å². The molecule has 2 atom stereocenters. The largest absolute Gasteiger partial charge is 0.481 e. The van der Waals surface area contributed by atoms with Crippen molar-refractivity contribution in [2.75, 3.05) is 19.8 Å². The van der Waals surface area contributed by atoms with Crippen LogP contribution in [0.3, 0.4) is 0 Å². The predicted molar refractivity (Wildman–Crippen MR) is 47.5 cm³/mol. The minimum absolute atomic E-state index is 0.156. The van der Waals surface area contributed by atoms with Crippen LogP contribution in [0.4, 0.5) is 0 Å². The van der Waals surface area contributed by atoms with Gasteiger partial charge in [0.2, 0.25) is 5.91 Å². The normalized spacial score (nSPS) is 26.1. The van der Waals surface area contributed by atoms with Crippen molar-refractivity contribution < 1.29 is 19.4 Å². The van der Waals surface area contributed by atoms with E-state index in [1.165, 1.54) is 0 Å². The highest BCUT2D eigenvalue weighted by atomic mass is 16.5. The summed E-state index contributed by atoms with van der Waals surface area (Å²) in [5, 5.41) is 11.4. The number of carboxylic acid groups (broad SMARTS) is 1. The third-order valence-electron chi connectivity index (χ3n) is 2.12. The number of nitrogens with two attached hydrogens (primary N) is 1. The number of hydrogen-bond donors (Lipinski definition) is 3. The summed E-state index contributed by atoms with van der Waals surface area (Å²) in [7, 11) is 0. The zero-order valence-electron chi connectivity index (χ0n) is 7.73. The molecule has 1 heterocycles. The van der Waals surface area contributed by atoms with Crippen LogP contribution in [0.15, 0.2) is 0 Å². The smallest absolute Gasteiger partial charge is 0.311 e. The van der Waals surface area contributed by atoms with Gasteiger partial charge in [-0.05, 0) is 0 Å². The SMILES string of the molecule is NCCC(=O)NC1COCC1C(=O)O. The highest BCUT2D eigenvalue weighted by Gasteiger charge is 2.34. The van der Waals surface area contributed by atoms with Gasteiger partial charge in [-0.2, -0.15) is 0 Å². The van der Waals surface area contributed by atoms with Gasteiger partial charge in [-0.1, -0.05) is 0 Å². The molecule has 6 heteroatoms. The van der Waals surface area contributed by atoms with Gasteiger partial charge in [-0.3, -0.25) is 9.59 Å². The standard InChI is InChI=1S/C8H14N2O4/c9-2-1-7(11)10-6-4-14-3-5(6)8(12)13/h5-6H,1-4,9H2,(H,10,11)(H,12,13). The summed E-state index contributed by atoms with van der Waals surface area (Å²) in [6.07, 6.45) is 0.211. The van der Waals surface area contributed by atoms with E-state index in [-0.39, 0.29) is 32.1 Å². The number of rotatable bonds is 4.